The molecule has 0 aromatic carbocycles. The fourth-order valence-electron chi connectivity index (χ4n) is 0.487. The van der Waals surface area contributed by atoms with Gasteiger partial charge in [-0.15, -0.1) is 0 Å². The predicted octanol–water partition coefficient (Wildman–Crippen LogP) is -0.00359. The third-order valence-corrected chi connectivity index (χ3v) is 0.766. The van der Waals surface area contributed by atoms with E-state index in [2.05, 4.69) is 16.0 Å². The molecule has 0 saturated carbocycles. The fourth-order valence-corrected chi connectivity index (χ4v) is 0.487. The van der Waals surface area contributed by atoms with Crippen LogP contribution >= 0.6 is 0 Å². The van der Waals surface area contributed by atoms with Crippen molar-refractivity contribution in [1.82, 2.24) is 9.97 Å². The zero-order chi connectivity index (χ0) is 6.85. The Kier molecular flexibility index (Phi) is 1.22. The molecule has 1 aromatic heterocycles. The molecule has 47 valence electrons. The summed E-state index contributed by atoms with van der Waals surface area (Å²) < 4.78 is 0. The van der Waals surface area contributed by atoms with E-state index >= 15 is 0 Å². The number of hydrogen-bond acceptors (Lipinski definition) is 4. The van der Waals surface area contributed by atoms with Gasteiger partial charge in [0.2, 0.25) is 5.88 Å². The number of aromatic nitrogens is 2. The molecular weight excluding hydrogens is 120 g/mol. The van der Waals surface area contributed by atoms with Crippen molar-refractivity contribution in [3.05, 3.63) is 11.8 Å². The minimum Gasteiger partial charge on any atom is -0.493 e. The Morgan fingerprint density at radius 3 is 2.44 bits per heavy atom. The van der Waals surface area contributed by atoms with Crippen molar-refractivity contribution in [1.29, 1.82) is 0 Å². The maximum Gasteiger partial charge on any atom is 0.317 e. The summed E-state index contributed by atoms with van der Waals surface area (Å²) in [6, 6.07) is 1.96. The molecule has 0 spiro atoms. The van der Waals surface area contributed by atoms with Crippen molar-refractivity contribution in [2.75, 3.05) is 0 Å². The lowest BCUT2D eigenvalue weighted by Gasteiger charge is -1.91. The first-order valence-corrected chi connectivity index (χ1v) is 2.34. The van der Waals surface area contributed by atoms with Crippen LogP contribution in [-0.2, 0) is 0 Å². The molecule has 1 rings (SSSR count). The highest BCUT2D eigenvalue weighted by molar-refractivity contribution is 5.12. The van der Waals surface area contributed by atoms with Crippen molar-refractivity contribution in [2.24, 2.45) is 0 Å². The predicted molar refractivity (Wildman–Crippen MR) is 28.9 cm³/mol. The molecule has 0 atom stereocenters. The SMILES string of the molecule is Cc1[c]c(O)nc(O)n1. The maximum absolute atomic E-state index is 8.63. The third-order valence-electron chi connectivity index (χ3n) is 0.766. The second-order valence-corrected chi connectivity index (χ2v) is 1.56. The molecule has 0 aliphatic carbocycles. The minimum atomic E-state index is -0.427. The first kappa shape index (κ1) is 5.81. The van der Waals surface area contributed by atoms with Crippen LogP contribution < -0.4 is 0 Å². The molecule has 0 fully saturated rings. The van der Waals surface area contributed by atoms with Gasteiger partial charge in [-0.3, -0.25) is 0 Å². The van der Waals surface area contributed by atoms with E-state index < -0.39 is 6.01 Å². The number of rotatable bonds is 0. The highest BCUT2D eigenvalue weighted by atomic mass is 16.3. The largest absolute Gasteiger partial charge is 0.493 e. The fraction of sp³-hybridized carbons (Fsp3) is 0.200. The normalized spacial score (nSPS) is 9.44. The van der Waals surface area contributed by atoms with E-state index in [-0.39, 0.29) is 5.88 Å². The summed E-state index contributed by atoms with van der Waals surface area (Å²) in [6.07, 6.45) is 0. The summed E-state index contributed by atoms with van der Waals surface area (Å²) in [4.78, 5) is 6.64. The number of nitrogens with zero attached hydrogens (tertiary/aromatic N) is 2. The smallest absolute Gasteiger partial charge is 0.317 e. The van der Waals surface area contributed by atoms with E-state index in [9.17, 15) is 0 Å². The Morgan fingerprint density at radius 1 is 1.33 bits per heavy atom. The summed E-state index contributed by atoms with van der Waals surface area (Å²) in [5.41, 5.74) is 0.417. The first-order chi connectivity index (χ1) is 4.18. The van der Waals surface area contributed by atoms with Crippen LogP contribution in [0.15, 0.2) is 0 Å². The van der Waals surface area contributed by atoms with Crippen molar-refractivity contribution >= 4 is 0 Å². The highest BCUT2D eigenvalue weighted by Gasteiger charge is 1.96. The van der Waals surface area contributed by atoms with E-state index in [0.29, 0.717) is 5.69 Å². The van der Waals surface area contributed by atoms with Crippen LogP contribution in [0.1, 0.15) is 5.69 Å². The van der Waals surface area contributed by atoms with Gasteiger partial charge in [0.25, 0.3) is 0 Å². The van der Waals surface area contributed by atoms with Gasteiger partial charge in [-0.1, -0.05) is 0 Å². The summed E-state index contributed by atoms with van der Waals surface area (Å²) >= 11 is 0. The zero-order valence-corrected chi connectivity index (χ0v) is 4.79. The van der Waals surface area contributed by atoms with Gasteiger partial charge in [-0.25, -0.2) is 0 Å². The molecule has 0 aliphatic rings. The van der Waals surface area contributed by atoms with Crippen LogP contribution in [0.2, 0.25) is 0 Å². The first-order valence-electron chi connectivity index (χ1n) is 2.34. The van der Waals surface area contributed by atoms with Crippen LogP contribution in [0, 0.1) is 13.0 Å². The molecule has 4 nitrogen and oxygen atoms in total. The third kappa shape index (κ3) is 1.28. The second kappa shape index (κ2) is 1.89. The van der Waals surface area contributed by atoms with Crippen molar-refractivity contribution < 1.29 is 10.2 Å². The lowest BCUT2D eigenvalue weighted by molar-refractivity contribution is 0.395. The van der Waals surface area contributed by atoms with Gasteiger partial charge < -0.3 is 10.2 Å². The Hall–Kier alpha value is -1.32. The monoisotopic (exact) mass is 125 g/mol. The Morgan fingerprint density at radius 2 is 2.00 bits per heavy atom. The summed E-state index contributed by atoms with van der Waals surface area (Å²) in [7, 11) is 0. The van der Waals surface area contributed by atoms with Crippen LogP contribution in [0.25, 0.3) is 0 Å². The highest BCUT2D eigenvalue weighted by Crippen LogP contribution is 2.07. The Labute approximate surface area is 51.8 Å². The van der Waals surface area contributed by atoms with E-state index in [0.717, 1.165) is 0 Å². The van der Waals surface area contributed by atoms with Crippen LogP contribution in [0.3, 0.4) is 0 Å². The summed E-state index contributed by atoms with van der Waals surface area (Å²) in [5.74, 6) is -0.333. The standard InChI is InChI=1S/C5H5N2O2/c1-3-2-4(8)7-5(9)6-3/h1H3,(H2,6,7,8,9). The summed E-state index contributed by atoms with van der Waals surface area (Å²) in [6.45, 7) is 1.60. The zero-order valence-electron chi connectivity index (χ0n) is 4.79. The molecule has 0 saturated heterocycles. The molecule has 1 aromatic rings. The Balaban J connectivity index is 3.17. The van der Waals surface area contributed by atoms with E-state index in [4.69, 9.17) is 10.2 Å². The van der Waals surface area contributed by atoms with Crippen LogP contribution in [0.4, 0.5) is 0 Å². The van der Waals surface area contributed by atoms with E-state index in [1.54, 1.807) is 6.92 Å². The molecule has 0 amide bonds. The number of aryl methyl sites for hydroxylation is 1. The van der Waals surface area contributed by atoms with Gasteiger partial charge in [0.1, 0.15) is 0 Å². The molecule has 0 aliphatic heterocycles. The van der Waals surface area contributed by atoms with Gasteiger partial charge in [0.15, 0.2) is 0 Å². The average Bonchev–Trinajstić information content (AvgIpc) is 1.59. The van der Waals surface area contributed by atoms with Crippen molar-refractivity contribution in [3.63, 3.8) is 0 Å². The molecule has 9 heavy (non-hydrogen) atoms. The van der Waals surface area contributed by atoms with E-state index in [1.807, 2.05) is 0 Å². The van der Waals surface area contributed by atoms with Crippen molar-refractivity contribution in [3.8, 4) is 11.9 Å². The molecule has 4 heteroatoms. The van der Waals surface area contributed by atoms with Crippen LogP contribution in [-0.4, -0.2) is 20.2 Å². The van der Waals surface area contributed by atoms with Crippen molar-refractivity contribution in [2.45, 2.75) is 6.92 Å². The van der Waals surface area contributed by atoms with E-state index in [1.165, 1.54) is 0 Å². The van der Waals surface area contributed by atoms with Gasteiger partial charge in [0, 0.05) is 0 Å². The topological polar surface area (TPSA) is 66.2 Å². The molecule has 2 N–H and O–H groups in total. The number of hydrogen-bond donors (Lipinski definition) is 2. The number of aromatic hydroxyl groups is 2. The lowest BCUT2D eigenvalue weighted by atomic mass is 10.4. The summed E-state index contributed by atoms with van der Waals surface area (Å²) in [5, 5.41) is 17.2. The second-order valence-electron chi connectivity index (χ2n) is 1.56. The van der Waals surface area contributed by atoms with Gasteiger partial charge in [-0.05, 0) is 6.92 Å². The maximum atomic E-state index is 8.63. The molecular formula is C5H5N2O2. The van der Waals surface area contributed by atoms with Gasteiger partial charge in [0.05, 0.1) is 11.8 Å². The lowest BCUT2D eigenvalue weighted by Crippen LogP contribution is -1.84. The molecule has 1 heterocycles. The van der Waals surface area contributed by atoms with Crippen LogP contribution in [0.5, 0.6) is 11.9 Å². The molecule has 1 radical (unpaired) electrons. The van der Waals surface area contributed by atoms with Gasteiger partial charge in [-0.2, -0.15) is 9.97 Å². The molecule has 0 unspecified atom stereocenters. The average molecular weight is 125 g/mol. The minimum absolute atomic E-state index is 0.333. The quantitative estimate of drug-likeness (QED) is 0.512. The van der Waals surface area contributed by atoms with Gasteiger partial charge >= 0.3 is 6.01 Å². The Bertz CT molecular complexity index is 174. The molecule has 0 bridgehead atoms.